The van der Waals surface area contributed by atoms with Crippen LogP contribution in [0.1, 0.15) is 58.3 Å². The van der Waals surface area contributed by atoms with Crippen molar-refractivity contribution in [3.05, 3.63) is 0 Å². The second kappa shape index (κ2) is 5.22. The number of nitrogens with one attached hydrogen (secondary N) is 1. The Balaban J connectivity index is 1.31. The van der Waals surface area contributed by atoms with E-state index in [1.807, 2.05) is 0 Å². The van der Waals surface area contributed by atoms with Gasteiger partial charge in [-0.2, -0.15) is 0 Å². The van der Waals surface area contributed by atoms with Gasteiger partial charge in [0.1, 0.15) is 0 Å². The molecule has 0 radical (unpaired) electrons. The Morgan fingerprint density at radius 2 is 1.72 bits per heavy atom. The van der Waals surface area contributed by atoms with Crippen LogP contribution >= 0.6 is 0 Å². The van der Waals surface area contributed by atoms with E-state index in [9.17, 15) is 4.79 Å². The van der Waals surface area contributed by atoms with Crippen LogP contribution in [0.4, 0.5) is 0 Å². The number of amides is 1. The molecule has 0 heterocycles. The molecule has 1 N–H and O–H groups in total. The number of hydrogen-bond donors (Lipinski definition) is 1. The summed E-state index contributed by atoms with van der Waals surface area (Å²) < 4.78 is 0. The van der Waals surface area contributed by atoms with E-state index in [0.717, 1.165) is 30.2 Å². The van der Waals surface area contributed by atoms with Gasteiger partial charge in [0.15, 0.2) is 0 Å². The number of fused-ring (bicyclic) bond motifs is 1. The van der Waals surface area contributed by atoms with E-state index in [-0.39, 0.29) is 0 Å². The van der Waals surface area contributed by atoms with Crippen molar-refractivity contribution in [2.24, 2.45) is 29.6 Å². The fourth-order valence-electron chi connectivity index (χ4n) is 4.09. The van der Waals surface area contributed by atoms with Crippen LogP contribution < -0.4 is 5.32 Å². The van der Waals surface area contributed by atoms with Crippen molar-refractivity contribution in [2.75, 3.05) is 6.54 Å². The zero-order chi connectivity index (χ0) is 12.5. The Hall–Kier alpha value is -0.530. The third kappa shape index (κ3) is 2.89. The van der Waals surface area contributed by atoms with E-state index in [1.54, 1.807) is 0 Å². The molecule has 2 heteroatoms. The van der Waals surface area contributed by atoms with Gasteiger partial charge < -0.3 is 5.32 Å². The molecule has 0 spiro atoms. The lowest BCUT2D eigenvalue weighted by Gasteiger charge is -2.26. The van der Waals surface area contributed by atoms with Crippen molar-refractivity contribution in [1.29, 1.82) is 0 Å². The molecule has 2 nitrogen and oxygen atoms in total. The molecule has 0 aromatic heterocycles. The minimum absolute atomic E-state index is 0.353. The minimum Gasteiger partial charge on any atom is -0.356 e. The minimum atomic E-state index is 0.353. The van der Waals surface area contributed by atoms with Crippen LogP contribution in [0, 0.1) is 29.6 Å². The summed E-state index contributed by atoms with van der Waals surface area (Å²) in [6, 6.07) is 0. The van der Waals surface area contributed by atoms with Gasteiger partial charge in [0.25, 0.3) is 0 Å². The van der Waals surface area contributed by atoms with Crippen molar-refractivity contribution in [2.45, 2.75) is 58.3 Å². The van der Waals surface area contributed by atoms with Crippen LogP contribution in [0.3, 0.4) is 0 Å². The van der Waals surface area contributed by atoms with Crippen LogP contribution in [-0.4, -0.2) is 12.5 Å². The monoisotopic (exact) mass is 249 g/mol. The Labute approximate surface area is 111 Å². The molecule has 1 amide bonds. The van der Waals surface area contributed by atoms with Gasteiger partial charge in [0.2, 0.25) is 5.91 Å². The summed E-state index contributed by atoms with van der Waals surface area (Å²) in [6.07, 6.45) is 10.5. The fraction of sp³-hybridized carbons (Fsp3) is 0.938. The first kappa shape index (κ1) is 12.5. The topological polar surface area (TPSA) is 29.1 Å². The second-order valence-electron chi connectivity index (χ2n) is 7.13. The van der Waals surface area contributed by atoms with E-state index in [2.05, 4.69) is 12.2 Å². The summed E-state index contributed by atoms with van der Waals surface area (Å²) in [5.74, 6) is 4.35. The molecular formula is C16H27NO. The first-order valence-corrected chi connectivity index (χ1v) is 8.00. The van der Waals surface area contributed by atoms with E-state index >= 15 is 0 Å². The predicted molar refractivity (Wildman–Crippen MR) is 73.1 cm³/mol. The lowest BCUT2D eigenvalue weighted by molar-refractivity contribution is -0.125. The molecule has 3 fully saturated rings. The highest BCUT2D eigenvalue weighted by Crippen LogP contribution is 2.54. The summed E-state index contributed by atoms with van der Waals surface area (Å²) in [5, 5.41) is 3.19. The average Bonchev–Trinajstić information content (AvgIpc) is 2.98. The number of rotatable bonds is 4. The van der Waals surface area contributed by atoms with Gasteiger partial charge in [-0.05, 0) is 49.4 Å². The molecule has 0 aromatic carbocycles. The molecule has 3 saturated carbocycles. The van der Waals surface area contributed by atoms with Gasteiger partial charge in [-0.25, -0.2) is 0 Å². The molecule has 3 aliphatic rings. The Morgan fingerprint density at radius 3 is 2.39 bits per heavy atom. The maximum Gasteiger partial charge on any atom is 0.223 e. The summed E-state index contributed by atoms with van der Waals surface area (Å²) in [4.78, 5) is 12.0. The van der Waals surface area contributed by atoms with Gasteiger partial charge in [-0.1, -0.05) is 32.6 Å². The normalized spacial score (nSPS) is 42.4. The Kier molecular flexibility index (Phi) is 3.63. The highest BCUT2D eigenvalue weighted by atomic mass is 16.1. The second-order valence-corrected chi connectivity index (χ2v) is 7.13. The predicted octanol–water partition coefficient (Wildman–Crippen LogP) is 3.37. The maximum absolute atomic E-state index is 12.0. The molecule has 0 bridgehead atoms. The van der Waals surface area contributed by atoms with Crippen LogP contribution in [-0.2, 0) is 4.79 Å². The summed E-state index contributed by atoms with van der Waals surface area (Å²) in [7, 11) is 0. The van der Waals surface area contributed by atoms with Crippen LogP contribution in [0.5, 0.6) is 0 Å². The lowest BCUT2D eigenvalue weighted by Crippen LogP contribution is -2.32. The SMILES string of the molecule is CC1CCC(CCNC(=O)C2CC3CC3C2)CC1. The molecule has 0 saturated heterocycles. The van der Waals surface area contributed by atoms with E-state index in [1.165, 1.54) is 51.4 Å². The van der Waals surface area contributed by atoms with E-state index in [4.69, 9.17) is 0 Å². The molecule has 0 aromatic rings. The highest BCUT2D eigenvalue weighted by Gasteiger charge is 2.47. The van der Waals surface area contributed by atoms with Crippen molar-refractivity contribution in [3.8, 4) is 0 Å². The first-order chi connectivity index (χ1) is 8.72. The van der Waals surface area contributed by atoms with Crippen molar-refractivity contribution >= 4 is 5.91 Å². The van der Waals surface area contributed by atoms with Crippen molar-refractivity contribution < 1.29 is 4.79 Å². The third-order valence-corrected chi connectivity index (χ3v) is 5.60. The zero-order valence-corrected chi connectivity index (χ0v) is 11.7. The van der Waals surface area contributed by atoms with Crippen molar-refractivity contribution in [1.82, 2.24) is 5.32 Å². The highest BCUT2D eigenvalue weighted by molar-refractivity contribution is 5.79. The Morgan fingerprint density at radius 1 is 1.06 bits per heavy atom. The van der Waals surface area contributed by atoms with E-state index in [0.29, 0.717) is 11.8 Å². The lowest BCUT2D eigenvalue weighted by atomic mass is 9.81. The third-order valence-electron chi connectivity index (χ3n) is 5.60. The molecule has 18 heavy (non-hydrogen) atoms. The Bertz CT molecular complexity index is 296. The van der Waals surface area contributed by atoms with Gasteiger partial charge in [-0.3, -0.25) is 4.79 Å². The van der Waals surface area contributed by atoms with Gasteiger partial charge in [-0.15, -0.1) is 0 Å². The number of carbonyl (C=O) groups excluding carboxylic acids is 1. The molecule has 3 aliphatic carbocycles. The summed E-state index contributed by atoms with van der Waals surface area (Å²) in [6.45, 7) is 3.28. The van der Waals surface area contributed by atoms with Gasteiger partial charge >= 0.3 is 0 Å². The molecule has 102 valence electrons. The maximum atomic E-state index is 12.0. The first-order valence-electron chi connectivity index (χ1n) is 8.00. The van der Waals surface area contributed by atoms with E-state index < -0.39 is 0 Å². The zero-order valence-electron chi connectivity index (χ0n) is 11.7. The smallest absolute Gasteiger partial charge is 0.223 e. The van der Waals surface area contributed by atoms with Crippen molar-refractivity contribution in [3.63, 3.8) is 0 Å². The van der Waals surface area contributed by atoms with Gasteiger partial charge in [0, 0.05) is 12.5 Å². The average molecular weight is 249 g/mol. The fourth-order valence-corrected chi connectivity index (χ4v) is 4.09. The molecular weight excluding hydrogens is 222 g/mol. The standard InChI is InChI=1S/C16H27NO/c1-11-2-4-12(5-3-11)6-7-17-16(18)15-9-13-8-14(13)10-15/h11-15H,2-10H2,1H3,(H,17,18). The molecule has 2 atom stereocenters. The molecule has 2 unspecified atom stereocenters. The summed E-state index contributed by atoms with van der Waals surface area (Å²) >= 11 is 0. The molecule has 0 aliphatic heterocycles. The quantitative estimate of drug-likeness (QED) is 0.813. The summed E-state index contributed by atoms with van der Waals surface area (Å²) in [5.41, 5.74) is 0. The van der Waals surface area contributed by atoms with Crippen LogP contribution in [0.15, 0.2) is 0 Å². The largest absolute Gasteiger partial charge is 0.356 e. The van der Waals surface area contributed by atoms with Crippen LogP contribution in [0.2, 0.25) is 0 Å². The number of hydrogen-bond acceptors (Lipinski definition) is 1. The molecule has 3 rings (SSSR count). The van der Waals surface area contributed by atoms with Gasteiger partial charge in [0.05, 0.1) is 0 Å². The van der Waals surface area contributed by atoms with Crippen LogP contribution in [0.25, 0.3) is 0 Å². The number of carbonyl (C=O) groups is 1.